The molecule has 0 atom stereocenters. The summed E-state index contributed by atoms with van der Waals surface area (Å²) in [5.41, 5.74) is 3.80. The molecule has 0 spiro atoms. The van der Waals surface area contributed by atoms with Crippen LogP contribution < -0.4 is 0 Å². The molecule has 0 aliphatic carbocycles. The first kappa shape index (κ1) is 13.3. The fourth-order valence-corrected chi connectivity index (χ4v) is 2.13. The molecular formula is C15H18N2O2. The number of aromatic nitrogens is 2. The maximum absolute atomic E-state index is 11.8. The number of pyridine rings is 1. The Bertz CT molecular complexity index is 573. The van der Waals surface area contributed by atoms with Gasteiger partial charge in [0.05, 0.1) is 12.2 Å². The first-order chi connectivity index (χ1) is 9.13. The Morgan fingerprint density at radius 3 is 2.63 bits per heavy atom. The van der Waals surface area contributed by atoms with Gasteiger partial charge in [0.1, 0.15) is 0 Å². The van der Waals surface area contributed by atoms with Crippen LogP contribution in [0.5, 0.6) is 0 Å². The van der Waals surface area contributed by atoms with Crippen LogP contribution in [0.3, 0.4) is 0 Å². The standard InChI is InChI=1S/C15H18N2O2/c1-4-19-15(18)14-9-11(2)17(12(14)3)10-13-5-7-16-8-6-13/h5-9H,4,10H2,1-3H3. The van der Waals surface area contributed by atoms with E-state index < -0.39 is 0 Å². The molecule has 0 aliphatic rings. The van der Waals surface area contributed by atoms with Crippen molar-refractivity contribution >= 4 is 5.97 Å². The van der Waals surface area contributed by atoms with E-state index in [1.54, 1.807) is 12.4 Å². The topological polar surface area (TPSA) is 44.1 Å². The van der Waals surface area contributed by atoms with Crippen molar-refractivity contribution in [1.29, 1.82) is 0 Å². The zero-order valence-electron chi connectivity index (χ0n) is 11.5. The molecule has 0 saturated carbocycles. The lowest BCUT2D eigenvalue weighted by atomic mass is 10.2. The SMILES string of the molecule is CCOC(=O)c1cc(C)n(Cc2ccncc2)c1C. The molecule has 4 nitrogen and oxygen atoms in total. The minimum Gasteiger partial charge on any atom is -0.462 e. The second-order valence-corrected chi connectivity index (χ2v) is 4.45. The Morgan fingerprint density at radius 2 is 2.00 bits per heavy atom. The molecule has 0 aromatic carbocycles. The fraction of sp³-hybridized carbons (Fsp3) is 0.333. The normalized spacial score (nSPS) is 10.5. The smallest absolute Gasteiger partial charge is 0.339 e. The van der Waals surface area contributed by atoms with Crippen LogP contribution in [-0.2, 0) is 11.3 Å². The highest BCUT2D eigenvalue weighted by atomic mass is 16.5. The maximum Gasteiger partial charge on any atom is 0.339 e. The quantitative estimate of drug-likeness (QED) is 0.792. The van der Waals surface area contributed by atoms with E-state index in [9.17, 15) is 4.79 Å². The Hall–Kier alpha value is -2.10. The summed E-state index contributed by atoms with van der Waals surface area (Å²) in [6, 6.07) is 5.83. The Morgan fingerprint density at radius 1 is 1.32 bits per heavy atom. The molecule has 2 aromatic rings. The number of carbonyl (C=O) groups is 1. The van der Waals surface area contributed by atoms with Crippen LogP contribution in [-0.4, -0.2) is 22.1 Å². The van der Waals surface area contributed by atoms with E-state index in [1.165, 1.54) is 0 Å². The molecule has 4 heteroatoms. The van der Waals surface area contributed by atoms with Crippen molar-refractivity contribution in [2.75, 3.05) is 6.61 Å². The Balaban J connectivity index is 2.29. The zero-order valence-corrected chi connectivity index (χ0v) is 11.5. The van der Waals surface area contributed by atoms with Crippen molar-refractivity contribution in [2.45, 2.75) is 27.3 Å². The van der Waals surface area contributed by atoms with Crippen LogP contribution in [0.4, 0.5) is 0 Å². The van der Waals surface area contributed by atoms with Crippen molar-refractivity contribution in [2.24, 2.45) is 0 Å². The minimum absolute atomic E-state index is 0.253. The van der Waals surface area contributed by atoms with E-state index in [-0.39, 0.29) is 5.97 Å². The molecular weight excluding hydrogens is 240 g/mol. The molecule has 0 aliphatic heterocycles. The minimum atomic E-state index is -0.253. The first-order valence-electron chi connectivity index (χ1n) is 6.36. The second-order valence-electron chi connectivity index (χ2n) is 4.45. The van der Waals surface area contributed by atoms with Gasteiger partial charge in [0.2, 0.25) is 0 Å². The van der Waals surface area contributed by atoms with E-state index in [2.05, 4.69) is 9.55 Å². The van der Waals surface area contributed by atoms with Crippen LogP contribution >= 0.6 is 0 Å². The first-order valence-corrected chi connectivity index (χ1v) is 6.36. The third kappa shape index (κ3) is 2.84. The van der Waals surface area contributed by atoms with Crippen molar-refractivity contribution in [3.05, 3.63) is 53.1 Å². The molecule has 2 heterocycles. The third-order valence-corrected chi connectivity index (χ3v) is 3.16. The van der Waals surface area contributed by atoms with Gasteiger partial charge < -0.3 is 9.30 Å². The third-order valence-electron chi connectivity index (χ3n) is 3.16. The number of hydrogen-bond donors (Lipinski definition) is 0. The number of hydrogen-bond acceptors (Lipinski definition) is 3. The van der Waals surface area contributed by atoms with Crippen LogP contribution in [0.15, 0.2) is 30.6 Å². The van der Waals surface area contributed by atoms with Crippen LogP contribution in [0, 0.1) is 13.8 Å². The average molecular weight is 258 g/mol. The van der Waals surface area contributed by atoms with E-state index in [1.807, 2.05) is 39.0 Å². The van der Waals surface area contributed by atoms with Crippen LogP contribution in [0.2, 0.25) is 0 Å². The lowest BCUT2D eigenvalue weighted by Gasteiger charge is -2.09. The van der Waals surface area contributed by atoms with Gasteiger partial charge in [-0.3, -0.25) is 4.98 Å². The monoisotopic (exact) mass is 258 g/mol. The summed E-state index contributed by atoms with van der Waals surface area (Å²) in [6.07, 6.45) is 3.55. The molecule has 0 saturated heterocycles. The van der Waals surface area contributed by atoms with Gasteiger partial charge in [-0.1, -0.05) is 0 Å². The van der Waals surface area contributed by atoms with Crippen molar-refractivity contribution in [1.82, 2.24) is 9.55 Å². The van der Waals surface area contributed by atoms with Crippen LogP contribution in [0.1, 0.15) is 34.2 Å². The van der Waals surface area contributed by atoms with E-state index in [0.717, 1.165) is 23.5 Å². The lowest BCUT2D eigenvalue weighted by molar-refractivity contribution is 0.0525. The maximum atomic E-state index is 11.8. The van der Waals surface area contributed by atoms with Gasteiger partial charge in [-0.05, 0) is 44.5 Å². The van der Waals surface area contributed by atoms with E-state index in [4.69, 9.17) is 4.74 Å². The highest BCUT2D eigenvalue weighted by Gasteiger charge is 2.16. The molecule has 100 valence electrons. The molecule has 0 bridgehead atoms. The summed E-state index contributed by atoms with van der Waals surface area (Å²) < 4.78 is 7.18. The summed E-state index contributed by atoms with van der Waals surface area (Å²) in [5.74, 6) is -0.253. The predicted octanol–water partition coefficient (Wildman–Crippen LogP) is 2.72. The van der Waals surface area contributed by atoms with Gasteiger partial charge in [-0.25, -0.2) is 4.79 Å². The highest BCUT2D eigenvalue weighted by Crippen LogP contribution is 2.17. The molecule has 0 N–H and O–H groups in total. The Labute approximate surface area is 113 Å². The van der Waals surface area contributed by atoms with Crippen molar-refractivity contribution < 1.29 is 9.53 Å². The number of carbonyl (C=O) groups excluding carboxylic acids is 1. The molecule has 0 radical (unpaired) electrons. The zero-order chi connectivity index (χ0) is 13.8. The summed E-state index contributed by atoms with van der Waals surface area (Å²) in [5, 5.41) is 0. The molecule has 0 amide bonds. The summed E-state index contributed by atoms with van der Waals surface area (Å²) in [7, 11) is 0. The molecule has 0 unspecified atom stereocenters. The number of aryl methyl sites for hydroxylation is 1. The average Bonchev–Trinajstić information content (AvgIpc) is 2.68. The largest absolute Gasteiger partial charge is 0.462 e. The summed E-state index contributed by atoms with van der Waals surface area (Å²) in [4.78, 5) is 15.8. The van der Waals surface area contributed by atoms with Gasteiger partial charge >= 0.3 is 5.97 Å². The number of rotatable bonds is 4. The summed E-state index contributed by atoms with van der Waals surface area (Å²) in [6.45, 7) is 6.89. The number of esters is 1. The molecule has 2 rings (SSSR count). The number of nitrogens with zero attached hydrogens (tertiary/aromatic N) is 2. The Kier molecular flexibility index (Phi) is 4.00. The van der Waals surface area contributed by atoms with Gasteiger partial charge in [0.25, 0.3) is 0 Å². The van der Waals surface area contributed by atoms with Crippen molar-refractivity contribution in [3.8, 4) is 0 Å². The van der Waals surface area contributed by atoms with Gasteiger partial charge in [0, 0.05) is 30.3 Å². The van der Waals surface area contributed by atoms with Gasteiger partial charge in [-0.2, -0.15) is 0 Å². The fourth-order valence-electron chi connectivity index (χ4n) is 2.13. The molecule has 19 heavy (non-hydrogen) atoms. The van der Waals surface area contributed by atoms with E-state index >= 15 is 0 Å². The second kappa shape index (κ2) is 5.69. The highest BCUT2D eigenvalue weighted by molar-refractivity contribution is 5.91. The van der Waals surface area contributed by atoms with E-state index in [0.29, 0.717) is 12.2 Å². The van der Waals surface area contributed by atoms with Gasteiger partial charge in [-0.15, -0.1) is 0 Å². The van der Waals surface area contributed by atoms with Crippen molar-refractivity contribution in [3.63, 3.8) is 0 Å². The van der Waals surface area contributed by atoms with Gasteiger partial charge in [0.15, 0.2) is 0 Å². The molecule has 0 fully saturated rings. The van der Waals surface area contributed by atoms with Crippen LogP contribution in [0.25, 0.3) is 0 Å². The lowest BCUT2D eigenvalue weighted by Crippen LogP contribution is -2.08. The summed E-state index contributed by atoms with van der Waals surface area (Å²) >= 11 is 0. The predicted molar refractivity (Wildman–Crippen MR) is 73.2 cm³/mol. The molecule has 2 aromatic heterocycles. The number of ether oxygens (including phenoxy) is 1.